The molecule has 6 nitrogen and oxygen atoms in total. The molecule has 2 N–H and O–H groups in total. The highest BCUT2D eigenvalue weighted by Crippen LogP contribution is 2.37. The first kappa shape index (κ1) is 12.7. The van der Waals surface area contributed by atoms with Gasteiger partial charge in [-0.25, -0.2) is 4.98 Å². The first-order chi connectivity index (χ1) is 9.78. The quantitative estimate of drug-likeness (QED) is 0.866. The van der Waals surface area contributed by atoms with E-state index in [2.05, 4.69) is 20.5 Å². The Morgan fingerprint density at radius 3 is 3.00 bits per heavy atom. The van der Waals surface area contributed by atoms with Gasteiger partial charge in [0.15, 0.2) is 0 Å². The van der Waals surface area contributed by atoms with Crippen LogP contribution in [0.15, 0.2) is 24.3 Å². The van der Waals surface area contributed by atoms with Crippen LogP contribution >= 0.6 is 0 Å². The summed E-state index contributed by atoms with van der Waals surface area (Å²) >= 11 is 0. The molecule has 104 valence electrons. The number of hydrogen-bond donors (Lipinski definition) is 2. The van der Waals surface area contributed by atoms with Gasteiger partial charge in [0.25, 0.3) is 5.91 Å². The molecule has 1 aromatic heterocycles. The summed E-state index contributed by atoms with van der Waals surface area (Å²) in [6.07, 6.45) is 2.24. The van der Waals surface area contributed by atoms with Crippen LogP contribution in [0.5, 0.6) is 5.75 Å². The Bertz CT molecular complexity index is 619. The van der Waals surface area contributed by atoms with Gasteiger partial charge >= 0.3 is 0 Å². The van der Waals surface area contributed by atoms with Crippen LogP contribution in [0.25, 0.3) is 0 Å². The molecule has 3 rings (SSSR count). The van der Waals surface area contributed by atoms with Crippen molar-refractivity contribution in [3.05, 3.63) is 41.5 Å². The average Bonchev–Trinajstić information content (AvgIpc) is 3.22. The van der Waals surface area contributed by atoms with Gasteiger partial charge in [0, 0.05) is 18.0 Å². The number of aromatic nitrogens is 3. The maximum absolute atomic E-state index is 12.0. The Hall–Kier alpha value is -2.37. The van der Waals surface area contributed by atoms with Gasteiger partial charge < -0.3 is 10.1 Å². The Morgan fingerprint density at radius 2 is 2.25 bits per heavy atom. The number of ether oxygens (including phenoxy) is 1. The molecule has 6 heteroatoms. The molecule has 1 fully saturated rings. The highest BCUT2D eigenvalue weighted by atomic mass is 16.5. The Balaban J connectivity index is 1.63. The molecule has 0 atom stereocenters. The highest BCUT2D eigenvalue weighted by Gasteiger charge is 2.28. The lowest BCUT2D eigenvalue weighted by atomic mass is 10.2. The topological polar surface area (TPSA) is 79.9 Å². The fraction of sp³-hybridized carbons (Fsp3) is 0.357. The molecular formula is C14H16N4O2. The number of methoxy groups -OCH3 is 1. The molecular weight excluding hydrogens is 256 g/mol. The summed E-state index contributed by atoms with van der Waals surface area (Å²) in [6, 6.07) is 7.57. The number of amides is 1. The lowest BCUT2D eigenvalue weighted by molar-refractivity contribution is 0.0940. The number of rotatable bonds is 5. The Kier molecular flexibility index (Phi) is 3.37. The molecule has 1 aliphatic rings. The van der Waals surface area contributed by atoms with Crippen molar-refractivity contribution in [1.29, 1.82) is 0 Å². The summed E-state index contributed by atoms with van der Waals surface area (Å²) < 4.78 is 5.24. The first-order valence-corrected chi connectivity index (χ1v) is 6.60. The van der Waals surface area contributed by atoms with Crippen LogP contribution in [0.1, 0.15) is 40.8 Å². The predicted octanol–water partition coefficient (Wildman–Crippen LogP) is 1.62. The maximum Gasteiger partial charge on any atom is 0.291 e. The standard InChI is InChI=1S/C14H16N4O2/c1-20-11-5-3-2-4-10(11)8-15-14(19)13-16-12(17-18-13)9-6-7-9/h2-5,9H,6-8H2,1H3,(H,15,19)(H,16,17,18). The zero-order chi connectivity index (χ0) is 13.9. The predicted molar refractivity (Wildman–Crippen MR) is 72.5 cm³/mol. The van der Waals surface area contributed by atoms with E-state index in [1.165, 1.54) is 0 Å². The van der Waals surface area contributed by atoms with Crippen LogP contribution in [0.3, 0.4) is 0 Å². The molecule has 0 spiro atoms. The summed E-state index contributed by atoms with van der Waals surface area (Å²) in [5.74, 6) is 1.94. The molecule has 0 aliphatic heterocycles. The third kappa shape index (κ3) is 2.64. The molecule has 0 unspecified atom stereocenters. The summed E-state index contributed by atoms with van der Waals surface area (Å²) in [4.78, 5) is 16.2. The van der Waals surface area contributed by atoms with Gasteiger partial charge in [-0.05, 0) is 18.9 Å². The minimum absolute atomic E-state index is 0.196. The number of carbonyl (C=O) groups is 1. The molecule has 1 saturated carbocycles. The van der Waals surface area contributed by atoms with Gasteiger partial charge in [0.2, 0.25) is 5.82 Å². The number of benzene rings is 1. The second-order valence-electron chi connectivity index (χ2n) is 4.81. The number of aromatic amines is 1. The smallest absolute Gasteiger partial charge is 0.291 e. The van der Waals surface area contributed by atoms with E-state index < -0.39 is 0 Å². The van der Waals surface area contributed by atoms with Crippen molar-refractivity contribution in [3.63, 3.8) is 0 Å². The molecule has 1 aliphatic carbocycles. The van der Waals surface area contributed by atoms with Crippen LogP contribution in [0.2, 0.25) is 0 Å². The van der Waals surface area contributed by atoms with Crippen molar-refractivity contribution in [2.75, 3.05) is 7.11 Å². The molecule has 0 radical (unpaired) electrons. The summed E-state index contributed by atoms with van der Waals surface area (Å²) in [5, 5.41) is 9.57. The van der Waals surface area contributed by atoms with E-state index in [1.807, 2.05) is 24.3 Å². The number of carbonyl (C=O) groups excluding carboxylic acids is 1. The van der Waals surface area contributed by atoms with Gasteiger partial charge in [0.1, 0.15) is 11.6 Å². The highest BCUT2D eigenvalue weighted by molar-refractivity contribution is 5.90. The van der Waals surface area contributed by atoms with E-state index >= 15 is 0 Å². The summed E-state index contributed by atoms with van der Waals surface area (Å²) in [7, 11) is 1.61. The number of nitrogens with zero attached hydrogens (tertiary/aromatic N) is 2. The molecule has 2 aromatic rings. The Morgan fingerprint density at radius 1 is 1.45 bits per heavy atom. The zero-order valence-corrected chi connectivity index (χ0v) is 11.2. The van der Waals surface area contributed by atoms with Crippen LogP contribution in [-0.4, -0.2) is 28.2 Å². The zero-order valence-electron chi connectivity index (χ0n) is 11.2. The third-order valence-electron chi connectivity index (χ3n) is 3.30. The van der Waals surface area contributed by atoms with E-state index in [1.54, 1.807) is 7.11 Å². The molecule has 1 amide bonds. The van der Waals surface area contributed by atoms with E-state index in [9.17, 15) is 4.79 Å². The van der Waals surface area contributed by atoms with Gasteiger partial charge in [-0.1, -0.05) is 18.2 Å². The van der Waals surface area contributed by atoms with Gasteiger partial charge in [0.05, 0.1) is 7.11 Å². The largest absolute Gasteiger partial charge is 0.496 e. The summed E-state index contributed by atoms with van der Waals surface area (Å²) in [6.45, 7) is 0.385. The molecule has 0 bridgehead atoms. The SMILES string of the molecule is COc1ccccc1CNC(=O)c1n[nH]c(C2CC2)n1. The fourth-order valence-electron chi connectivity index (χ4n) is 2.02. The van der Waals surface area contributed by atoms with Crippen LogP contribution in [0.4, 0.5) is 0 Å². The van der Waals surface area contributed by atoms with Crippen molar-refractivity contribution in [2.45, 2.75) is 25.3 Å². The van der Waals surface area contributed by atoms with Crippen molar-refractivity contribution in [3.8, 4) is 5.75 Å². The van der Waals surface area contributed by atoms with Crippen LogP contribution in [0, 0.1) is 0 Å². The van der Waals surface area contributed by atoms with E-state index in [-0.39, 0.29) is 11.7 Å². The van der Waals surface area contributed by atoms with Crippen LogP contribution < -0.4 is 10.1 Å². The fourth-order valence-corrected chi connectivity index (χ4v) is 2.02. The molecule has 1 aromatic carbocycles. The van der Waals surface area contributed by atoms with Crippen molar-refractivity contribution < 1.29 is 9.53 Å². The number of para-hydroxylation sites is 1. The van der Waals surface area contributed by atoms with Crippen LogP contribution in [-0.2, 0) is 6.54 Å². The van der Waals surface area contributed by atoms with E-state index in [4.69, 9.17) is 4.74 Å². The van der Waals surface area contributed by atoms with Crippen molar-refractivity contribution >= 4 is 5.91 Å². The second kappa shape index (κ2) is 5.32. The van der Waals surface area contributed by atoms with Crippen molar-refractivity contribution in [2.24, 2.45) is 0 Å². The lowest BCUT2D eigenvalue weighted by Crippen LogP contribution is -2.24. The average molecular weight is 272 g/mol. The molecule has 20 heavy (non-hydrogen) atoms. The van der Waals surface area contributed by atoms with Gasteiger partial charge in [-0.3, -0.25) is 9.89 Å². The van der Waals surface area contributed by atoms with Gasteiger partial charge in [-0.2, -0.15) is 0 Å². The van der Waals surface area contributed by atoms with E-state index in [0.29, 0.717) is 12.5 Å². The first-order valence-electron chi connectivity index (χ1n) is 6.60. The Labute approximate surface area is 116 Å². The van der Waals surface area contributed by atoms with E-state index in [0.717, 1.165) is 30.0 Å². The maximum atomic E-state index is 12.0. The third-order valence-corrected chi connectivity index (χ3v) is 3.30. The number of hydrogen-bond acceptors (Lipinski definition) is 4. The van der Waals surface area contributed by atoms with Crippen molar-refractivity contribution in [1.82, 2.24) is 20.5 Å². The second-order valence-corrected chi connectivity index (χ2v) is 4.81. The lowest BCUT2D eigenvalue weighted by Gasteiger charge is -2.08. The molecule has 0 saturated heterocycles. The summed E-state index contributed by atoms with van der Waals surface area (Å²) in [5.41, 5.74) is 0.918. The van der Waals surface area contributed by atoms with Gasteiger partial charge in [-0.15, -0.1) is 5.10 Å². The monoisotopic (exact) mass is 272 g/mol. The normalized spacial score (nSPS) is 14.1. The minimum Gasteiger partial charge on any atom is -0.496 e. The number of nitrogens with one attached hydrogen (secondary N) is 2. The minimum atomic E-state index is -0.279. The number of H-pyrrole nitrogens is 1. The molecule has 1 heterocycles.